The maximum atomic E-state index is 4.55. The lowest BCUT2D eigenvalue weighted by molar-refractivity contribution is 0.367. The quantitative estimate of drug-likeness (QED) is 0.782. The molecule has 0 aliphatic heterocycles. The highest BCUT2D eigenvalue weighted by Gasteiger charge is 2.15. The second kappa shape index (κ2) is 7.68. The predicted octanol–water partition coefficient (Wildman–Crippen LogP) is 3.19. The Hall–Kier alpha value is -0.830. The first kappa shape index (κ1) is 16.2. The number of nitrogens with zero attached hydrogens (tertiary/aromatic N) is 2. The van der Waals surface area contributed by atoms with Crippen molar-refractivity contribution in [3.05, 3.63) is 17.5 Å². The topological polar surface area (TPSA) is 29.9 Å². The first-order chi connectivity index (χ1) is 8.92. The lowest BCUT2D eigenvalue weighted by Crippen LogP contribution is -2.31. The van der Waals surface area contributed by atoms with Gasteiger partial charge >= 0.3 is 0 Å². The van der Waals surface area contributed by atoms with E-state index in [1.165, 1.54) is 17.8 Å². The van der Waals surface area contributed by atoms with Gasteiger partial charge in [0.2, 0.25) is 0 Å². The highest BCUT2D eigenvalue weighted by Crippen LogP contribution is 2.17. The maximum absolute atomic E-state index is 4.55. The Labute approximate surface area is 118 Å². The Bertz CT molecular complexity index is 366. The molecule has 1 aromatic heterocycles. The van der Waals surface area contributed by atoms with E-state index in [2.05, 4.69) is 62.8 Å². The van der Waals surface area contributed by atoms with Gasteiger partial charge in [-0.3, -0.25) is 4.68 Å². The molecule has 1 heterocycles. The molecule has 0 bridgehead atoms. The zero-order valence-corrected chi connectivity index (χ0v) is 13.5. The summed E-state index contributed by atoms with van der Waals surface area (Å²) in [5.41, 5.74) is 2.57. The summed E-state index contributed by atoms with van der Waals surface area (Å²) in [6, 6.07) is 2.83. The zero-order valence-electron chi connectivity index (χ0n) is 13.5. The number of aryl methyl sites for hydroxylation is 2. The van der Waals surface area contributed by atoms with Crippen LogP contribution in [-0.2, 0) is 19.9 Å². The van der Waals surface area contributed by atoms with Crippen molar-refractivity contribution >= 4 is 0 Å². The van der Waals surface area contributed by atoms with Gasteiger partial charge < -0.3 is 5.32 Å². The second-order valence-corrected chi connectivity index (χ2v) is 6.37. The van der Waals surface area contributed by atoms with Crippen LogP contribution < -0.4 is 5.32 Å². The summed E-state index contributed by atoms with van der Waals surface area (Å²) < 4.78 is 2.06. The van der Waals surface area contributed by atoms with Crippen LogP contribution in [0.15, 0.2) is 6.07 Å². The third-order valence-electron chi connectivity index (χ3n) is 3.51. The Morgan fingerprint density at radius 1 is 1.26 bits per heavy atom. The normalized spacial score (nSPS) is 13.5. The summed E-state index contributed by atoms with van der Waals surface area (Å²) in [5.74, 6) is 1.44. The molecular formula is C16H31N3. The largest absolute Gasteiger partial charge is 0.314 e. The summed E-state index contributed by atoms with van der Waals surface area (Å²) >= 11 is 0. The van der Waals surface area contributed by atoms with Crippen molar-refractivity contribution in [3.8, 4) is 0 Å². The fourth-order valence-electron chi connectivity index (χ4n) is 2.54. The van der Waals surface area contributed by atoms with E-state index in [0.29, 0.717) is 12.0 Å². The Balaban J connectivity index is 2.66. The molecule has 0 aliphatic rings. The maximum Gasteiger partial charge on any atom is 0.0624 e. The van der Waals surface area contributed by atoms with Crippen LogP contribution in [-0.4, -0.2) is 22.4 Å². The lowest BCUT2D eigenvalue weighted by atomic mass is 9.92. The van der Waals surface area contributed by atoms with Crippen molar-refractivity contribution in [2.75, 3.05) is 6.54 Å². The Morgan fingerprint density at radius 2 is 1.95 bits per heavy atom. The van der Waals surface area contributed by atoms with Gasteiger partial charge in [0.25, 0.3) is 0 Å². The number of nitrogens with one attached hydrogen (secondary N) is 1. The summed E-state index contributed by atoms with van der Waals surface area (Å²) in [5, 5.41) is 8.13. The van der Waals surface area contributed by atoms with Crippen molar-refractivity contribution in [2.24, 2.45) is 18.9 Å². The summed E-state index contributed by atoms with van der Waals surface area (Å²) in [7, 11) is 2.07. The predicted molar refractivity (Wildman–Crippen MR) is 82.4 cm³/mol. The van der Waals surface area contributed by atoms with Crippen molar-refractivity contribution in [3.63, 3.8) is 0 Å². The molecule has 0 fully saturated rings. The molecule has 1 aromatic rings. The molecule has 0 aliphatic carbocycles. The first-order valence-electron chi connectivity index (χ1n) is 7.67. The van der Waals surface area contributed by atoms with Gasteiger partial charge in [0.15, 0.2) is 0 Å². The van der Waals surface area contributed by atoms with E-state index >= 15 is 0 Å². The third kappa shape index (κ3) is 5.77. The summed E-state index contributed by atoms with van der Waals surface area (Å²) in [4.78, 5) is 0. The molecule has 1 unspecified atom stereocenters. The molecule has 3 nitrogen and oxygen atoms in total. The van der Waals surface area contributed by atoms with Gasteiger partial charge in [0.05, 0.1) is 5.69 Å². The van der Waals surface area contributed by atoms with E-state index in [9.17, 15) is 0 Å². The smallest absolute Gasteiger partial charge is 0.0624 e. The zero-order chi connectivity index (χ0) is 14.4. The molecule has 0 aromatic carbocycles. The molecule has 0 saturated heterocycles. The van der Waals surface area contributed by atoms with Crippen LogP contribution in [0.3, 0.4) is 0 Å². The molecule has 0 amide bonds. The minimum absolute atomic E-state index is 0.562. The monoisotopic (exact) mass is 265 g/mol. The number of aromatic nitrogens is 2. The molecule has 110 valence electrons. The second-order valence-electron chi connectivity index (χ2n) is 6.37. The van der Waals surface area contributed by atoms with Crippen LogP contribution >= 0.6 is 0 Å². The van der Waals surface area contributed by atoms with Gasteiger partial charge in [-0.2, -0.15) is 5.10 Å². The van der Waals surface area contributed by atoms with E-state index in [4.69, 9.17) is 0 Å². The van der Waals surface area contributed by atoms with Gasteiger partial charge in [-0.05, 0) is 43.7 Å². The third-order valence-corrected chi connectivity index (χ3v) is 3.51. The van der Waals surface area contributed by atoms with Crippen molar-refractivity contribution in [2.45, 2.75) is 59.9 Å². The number of rotatable bonds is 8. The van der Waals surface area contributed by atoms with Crippen LogP contribution in [0, 0.1) is 11.8 Å². The molecule has 0 radical (unpaired) electrons. The number of hydrogen-bond donors (Lipinski definition) is 1. The molecule has 1 N–H and O–H groups in total. The molecule has 1 rings (SSSR count). The van der Waals surface area contributed by atoms with Crippen LogP contribution in [0.25, 0.3) is 0 Å². The average Bonchev–Trinajstić information content (AvgIpc) is 2.66. The molecule has 0 spiro atoms. The molecule has 19 heavy (non-hydrogen) atoms. The van der Waals surface area contributed by atoms with Gasteiger partial charge in [0, 0.05) is 18.8 Å². The van der Waals surface area contributed by atoms with Crippen molar-refractivity contribution < 1.29 is 0 Å². The van der Waals surface area contributed by atoms with Crippen molar-refractivity contribution in [1.82, 2.24) is 15.1 Å². The molecular weight excluding hydrogens is 234 g/mol. The molecule has 1 atom stereocenters. The lowest BCUT2D eigenvalue weighted by Gasteiger charge is -2.21. The minimum atomic E-state index is 0.562. The fraction of sp³-hybridized carbons (Fsp3) is 0.812. The highest BCUT2D eigenvalue weighted by molar-refractivity contribution is 5.11. The SMILES string of the molecule is CCc1cc(CC(CNC(C)C)CC(C)C)n(C)n1. The summed E-state index contributed by atoms with van der Waals surface area (Å²) in [6.07, 6.45) is 3.42. The first-order valence-corrected chi connectivity index (χ1v) is 7.67. The van der Waals surface area contributed by atoms with E-state index < -0.39 is 0 Å². The van der Waals surface area contributed by atoms with E-state index in [1.807, 2.05) is 0 Å². The van der Waals surface area contributed by atoms with Crippen molar-refractivity contribution in [1.29, 1.82) is 0 Å². The molecule has 0 saturated carbocycles. The van der Waals surface area contributed by atoms with E-state index in [1.54, 1.807) is 0 Å². The van der Waals surface area contributed by atoms with Crippen LogP contribution in [0.1, 0.15) is 52.4 Å². The van der Waals surface area contributed by atoms with Gasteiger partial charge in [-0.1, -0.05) is 34.6 Å². The fourth-order valence-corrected chi connectivity index (χ4v) is 2.54. The average molecular weight is 265 g/mol. The summed E-state index contributed by atoms with van der Waals surface area (Å²) in [6.45, 7) is 12.3. The van der Waals surface area contributed by atoms with Crippen LogP contribution in [0.5, 0.6) is 0 Å². The molecule has 3 heteroatoms. The van der Waals surface area contributed by atoms with Crippen LogP contribution in [0.2, 0.25) is 0 Å². The standard InChI is InChI=1S/C16H31N3/c1-7-15-10-16(19(6)18-15)9-14(8-12(2)3)11-17-13(4)5/h10,12-14,17H,7-9,11H2,1-6H3. The Kier molecular flexibility index (Phi) is 6.56. The number of hydrogen-bond acceptors (Lipinski definition) is 2. The van der Waals surface area contributed by atoms with E-state index in [0.717, 1.165) is 25.3 Å². The highest BCUT2D eigenvalue weighted by atomic mass is 15.3. The van der Waals surface area contributed by atoms with Gasteiger partial charge in [-0.15, -0.1) is 0 Å². The van der Waals surface area contributed by atoms with Crippen LogP contribution in [0.4, 0.5) is 0 Å². The minimum Gasteiger partial charge on any atom is -0.314 e. The van der Waals surface area contributed by atoms with Gasteiger partial charge in [-0.25, -0.2) is 0 Å². The van der Waals surface area contributed by atoms with E-state index in [-0.39, 0.29) is 0 Å². The Morgan fingerprint density at radius 3 is 2.42 bits per heavy atom. The van der Waals surface area contributed by atoms with Gasteiger partial charge in [0.1, 0.15) is 0 Å².